The van der Waals surface area contributed by atoms with Gasteiger partial charge in [0.1, 0.15) is 0 Å². The highest BCUT2D eigenvalue weighted by Crippen LogP contribution is 2.46. The molecule has 1 fully saturated rings. The molecule has 2 amide bonds. The first-order valence-electron chi connectivity index (χ1n) is 10.8. The van der Waals surface area contributed by atoms with Gasteiger partial charge in [0.25, 0.3) is 5.79 Å². The minimum Gasteiger partial charge on any atom is -0.448 e. The van der Waals surface area contributed by atoms with Crippen molar-refractivity contribution in [3.05, 3.63) is 18.2 Å². The average molecular weight is 423 g/mol. The van der Waals surface area contributed by atoms with Crippen LogP contribution in [0.5, 0.6) is 11.5 Å². The van der Waals surface area contributed by atoms with Gasteiger partial charge in [0.2, 0.25) is 0 Å². The maximum Gasteiger partial charge on any atom is 0.321 e. The molecule has 1 unspecified atom stereocenters. The molecule has 8 heteroatoms. The monoisotopic (exact) mass is 422 g/mol. The van der Waals surface area contributed by atoms with Gasteiger partial charge >= 0.3 is 6.03 Å². The molecule has 2 N–H and O–H groups in total. The van der Waals surface area contributed by atoms with E-state index in [1.165, 1.54) is 11.3 Å². The first kappa shape index (κ1) is 22.7. The molecule has 1 aromatic rings. The SMILES string of the molecule is CC(C)OCCOCC(O)CN(C)C(=O)Nc1ccc2c(c1)OC1(CCCCC1)O2. The number of fused-ring (bicyclic) bond motifs is 1. The highest BCUT2D eigenvalue weighted by molar-refractivity contribution is 5.89. The number of aliphatic hydroxyl groups excluding tert-OH is 1. The van der Waals surface area contributed by atoms with E-state index in [-0.39, 0.29) is 25.3 Å². The Hall–Kier alpha value is -2.03. The maximum atomic E-state index is 12.5. The fourth-order valence-electron chi connectivity index (χ4n) is 3.70. The molecular formula is C22H34N2O6. The van der Waals surface area contributed by atoms with E-state index < -0.39 is 11.9 Å². The standard InChI is InChI=1S/C22H34N2O6/c1-16(2)28-12-11-27-15-18(25)14-24(3)21(26)23-17-7-8-19-20(13-17)30-22(29-19)9-5-4-6-10-22/h7-8,13,16,18,25H,4-6,9-12,14-15H2,1-3H3,(H,23,26). The number of anilines is 1. The molecule has 1 aromatic carbocycles. The number of benzene rings is 1. The molecule has 0 aromatic heterocycles. The van der Waals surface area contributed by atoms with E-state index in [1.807, 2.05) is 19.9 Å². The second-order valence-corrected chi connectivity index (χ2v) is 8.30. The zero-order valence-corrected chi connectivity index (χ0v) is 18.2. The van der Waals surface area contributed by atoms with Gasteiger partial charge in [-0.25, -0.2) is 4.79 Å². The van der Waals surface area contributed by atoms with Gasteiger partial charge in [-0.15, -0.1) is 0 Å². The number of aliphatic hydroxyl groups is 1. The number of urea groups is 1. The smallest absolute Gasteiger partial charge is 0.321 e. The molecule has 1 heterocycles. The van der Waals surface area contributed by atoms with E-state index in [9.17, 15) is 9.90 Å². The normalized spacial score (nSPS) is 17.9. The number of hydrogen-bond donors (Lipinski definition) is 2. The van der Waals surface area contributed by atoms with Gasteiger partial charge in [-0.1, -0.05) is 6.42 Å². The predicted octanol–water partition coefficient (Wildman–Crippen LogP) is 3.38. The van der Waals surface area contributed by atoms with Crippen LogP contribution in [0.4, 0.5) is 10.5 Å². The summed E-state index contributed by atoms with van der Waals surface area (Å²) in [6.07, 6.45) is 4.55. The van der Waals surface area contributed by atoms with Gasteiger partial charge in [-0.2, -0.15) is 0 Å². The van der Waals surface area contributed by atoms with Gasteiger partial charge < -0.3 is 34.3 Å². The van der Waals surface area contributed by atoms with Crippen molar-refractivity contribution < 1.29 is 28.8 Å². The van der Waals surface area contributed by atoms with Crippen molar-refractivity contribution in [1.82, 2.24) is 4.90 Å². The van der Waals surface area contributed by atoms with Crippen LogP contribution in [0.25, 0.3) is 0 Å². The zero-order valence-electron chi connectivity index (χ0n) is 18.2. The van der Waals surface area contributed by atoms with Crippen molar-refractivity contribution in [3.63, 3.8) is 0 Å². The highest BCUT2D eigenvalue weighted by atomic mass is 16.7. The summed E-state index contributed by atoms with van der Waals surface area (Å²) < 4.78 is 22.9. The lowest BCUT2D eigenvalue weighted by Gasteiger charge is -2.31. The largest absolute Gasteiger partial charge is 0.448 e. The van der Waals surface area contributed by atoms with Crippen LogP contribution in [0.3, 0.4) is 0 Å². The molecule has 1 aliphatic heterocycles. The van der Waals surface area contributed by atoms with Gasteiger partial charge in [0.05, 0.1) is 38.6 Å². The van der Waals surface area contributed by atoms with Crippen LogP contribution < -0.4 is 14.8 Å². The van der Waals surface area contributed by atoms with Crippen LogP contribution >= 0.6 is 0 Å². The summed E-state index contributed by atoms with van der Waals surface area (Å²) in [5.41, 5.74) is 0.624. The highest BCUT2D eigenvalue weighted by Gasteiger charge is 2.42. The first-order chi connectivity index (χ1) is 14.4. The molecule has 8 nitrogen and oxygen atoms in total. The lowest BCUT2D eigenvalue weighted by Crippen LogP contribution is -2.40. The lowest BCUT2D eigenvalue weighted by atomic mass is 9.94. The van der Waals surface area contributed by atoms with E-state index in [0.717, 1.165) is 31.4 Å². The van der Waals surface area contributed by atoms with Crippen molar-refractivity contribution >= 4 is 11.7 Å². The average Bonchev–Trinajstić information content (AvgIpc) is 3.04. The van der Waals surface area contributed by atoms with E-state index in [4.69, 9.17) is 18.9 Å². The number of likely N-dealkylation sites (N-methyl/N-ethyl adjacent to an activating group) is 1. The van der Waals surface area contributed by atoms with Gasteiger partial charge in [0, 0.05) is 31.6 Å². The van der Waals surface area contributed by atoms with E-state index >= 15 is 0 Å². The Morgan fingerprint density at radius 1 is 1.20 bits per heavy atom. The Morgan fingerprint density at radius 3 is 2.67 bits per heavy atom. The summed E-state index contributed by atoms with van der Waals surface area (Å²) in [5, 5.41) is 12.9. The lowest BCUT2D eigenvalue weighted by molar-refractivity contribution is -0.105. The molecular weight excluding hydrogens is 388 g/mol. The first-order valence-corrected chi connectivity index (χ1v) is 10.8. The maximum absolute atomic E-state index is 12.5. The van der Waals surface area contributed by atoms with E-state index in [2.05, 4.69) is 5.32 Å². The van der Waals surface area contributed by atoms with Crippen LogP contribution in [-0.4, -0.2) is 67.4 Å². The number of ether oxygens (including phenoxy) is 4. The predicted molar refractivity (Wildman–Crippen MR) is 113 cm³/mol. The minimum atomic E-state index is -0.775. The summed E-state index contributed by atoms with van der Waals surface area (Å²) >= 11 is 0. The van der Waals surface area contributed by atoms with Gasteiger partial charge in [-0.05, 0) is 38.8 Å². The summed E-state index contributed by atoms with van der Waals surface area (Å²) in [4.78, 5) is 13.9. The van der Waals surface area contributed by atoms with Crippen LogP contribution in [0, 0.1) is 0 Å². The quantitative estimate of drug-likeness (QED) is 0.593. The molecule has 3 rings (SSSR count). The number of hydrogen-bond acceptors (Lipinski definition) is 6. The molecule has 0 radical (unpaired) electrons. The molecule has 168 valence electrons. The Bertz CT molecular complexity index is 705. The summed E-state index contributed by atoms with van der Waals surface area (Å²) in [5.74, 6) is 0.844. The summed E-state index contributed by atoms with van der Waals surface area (Å²) in [6.45, 7) is 5.10. The minimum absolute atomic E-state index is 0.144. The number of carbonyl (C=O) groups is 1. The van der Waals surface area contributed by atoms with Crippen LogP contribution in [0.1, 0.15) is 46.0 Å². The molecule has 1 spiro atoms. The van der Waals surface area contributed by atoms with E-state index in [1.54, 1.807) is 19.2 Å². The fraction of sp³-hybridized carbons (Fsp3) is 0.682. The molecule has 1 saturated carbocycles. The van der Waals surface area contributed by atoms with Gasteiger partial charge in [0.15, 0.2) is 11.5 Å². The van der Waals surface area contributed by atoms with Crippen molar-refractivity contribution in [1.29, 1.82) is 0 Å². The Morgan fingerprint density at radius 2 is 1.93 bits per heavy atom. The van der Waals surface area contributed by atoms with Crippen LogP contribution in [0.2, 0.25) is 0 Å². The Balaban J connectivity index is 1.43. The molecule has 0 bridgehead atoms. The number of rotatable bonds is 9. The fourth-order valence-corrected chi connectivity index (χ4v) is 3.70. The molecule has 2 aliphatic rings. The van der Waals surface area contributed by atoms with Crippen LogP contribution in [-0.2, 0) is 9.47 Å². The molecule has 1 aliphatic carbocycles. The van der Waals surface area contributed by atoms with Crippen molar-refractivity contribution in [2.75, 3.05) is 38.7 Å². The van der Waals surface area contributed by atoms with Gasteiger partial charge in [-0.3, -0.25) is 0 Å². The molecule has 0 saturated heterocycles. The summed E-state index contributed by atoms with van der Waals surface area (Å²) in [7, 11) is 1.63. The van der Waals surface area contributed by atoms with Crippen molar-refractivity contribution in [3.8, 4) is 11.5 Å². The number of nitrogens with zero attached hydrogens (tertiary/aromatic N) is 1. The Kier molecular flexibility index (Phi) is 7.80. The number of nitrogens with one attached hydrogen (secondary N) is 1. The summed E-state index contributed by atoms with van der Waals surface area (Å²) in [6, 6.07) is 5.10. The third kappa shape index (κ3) is 6.23. The second kappa shape index (κ2) is 10.3. The van der Waals surface area contributed by atoms with Crippen molar-refractivity contribution in [2.45, 2.75) is 63.9 Å². The molecule has 1 atom stereocenters. The van der Waals surface area contributed by atoms with Crippen LogP contribution in [0.15, 0.2) is 18.2 Å². The second-order valence-electron chi connectivity index (χ2n) is 8.30. The zero-order chi connectivity index (χ0) is 21.6. The third-order valence-corrected chi connectivity index (χ3v) is 5.22. The molecule has 30 heavy (non-hydrogen) atoms. The number of amides is 2. The van der Waals surface area contributed by atoms with Crippen molar-refractivity contribution in [2.24, 2.45) is 0 Å². The van der Waals surface area contributed by atoms with E-state index in [0.29, 0.717) is 24.7 Å². The number of carbonyl (C=O) groups excluding carboxylic acids is 1. The third-order valence-electron chi connectivity index (χ3n) is 5.22. The Labute approximate surface area is 178 Å². The topological polar surface area (TPSA) is 89.5 Å².